The number of aliphatic hydroxyl groups is 1. The molecule has 4 N–H and O–H groups in total. The van der Waals surface area contributed by atoms with Crippen LogP contribution in [0.3, 0.4) is 0 Å². The van der Waals surface area contributed by atoms with Gasteiger partial charge < -0.3 is 32.9 Å². The van der Waals surface area contributed by atoms with E-state index in [1.165, 1.54) is 22.3 Å². The zero-order chi connectivity index (χ0) is 31.9. The molecule has 0 radical (unpaired) electrons. The van der Waals surface area contributed by atoms with Crippen molar-refractivity contribution >= 4 is 29.8 Å². The summed E-state index contributed by atoms with van der Waals surface area (Å²) in [6.45, 7) is 8.29. The van der Waals surface area contributed by atoms with E-state index in [1.807, 2.05) is 19.2 Å². The minimum atomic E-state index is -1.97. The lowest BCUT2D eigenvalue weighted by Crippen LogP contribution is -3.00. The lowest BCUT2D eigenvalue weighted by atomic mass is 9.82. The summed E-state index contributed by atoms with van der Waals surface area (Å²) >= 11 is 1.28. The molecule has 4 atom stereocenters. The van der Waals surface area contributed by atoms with Crippen LogP contribution in [0.5, 0.6) is 0 Å². The van der Waals surface area contributed by atoms with Crippen molar-refractivity contribution in [2.24, 2.45) is 0 Å². The van der Waals surface area contributed by atoms with E-state index >= 15 is 4.39 Å². The molecule has 0 aliphatic carbocycles. The van der Waals surface area contributed by atoms with Crippen LogP contribution in [0, 0.1) is 23.0 Å². The molecular formula is C31H37Cl2F2N7O3S. The third kappa shape index (κ3) is 9.20. The number of carbonyl (C=O) groups is 1. The molecule has 2 heterocycles. The first-order valence-corrected chi connectivity index (χ1v) is 15.2. The van der Waals surface area contributed by atoms with Crippen molar-refractivity contribution in [1.82, 2.24) is 25.7 Å². The summed E-state index contributed by atoms with van der Waals surface area (Å²) in [7, 11) is 0. The van der Waals surface area contributed by atoms with Crippen LogP contribution in [-0.4, -0.2) is 45.4 Å². The fraction of sp³-hybridized carbons (Fsp3) is 0.387. The standard InChI is InChI=1S/C31H35F2N7O3S.2ClH/c1-5-24(35-6-2)15-36-30(41)43-20(4)28-37-18-40(39-28)17-31(42,25-13-23(32)11-12-26(25)33)19(3)29-38-27(16-44-29)22-9-7-21(14-34)8-10-22;;/h7-13,16,18-20,24,35,42H,5-6,15,17H2,1-4H3,(H,36,41);2*1H/t19-,20?,24?,31+;;/m0../s1. The maximum atomic E-state index is 15.2. The van der Waals surface area contributed by atoms with Gasteiger partial charge in [0.1, 0.15) is 23.8 Å². The molecule has 46 heavy (non-hydrogen) atoms. The first kappa shape index (κ1) is 38.5. The fourth-order valence-corrected chi connectivity index (χ4v) is 5.78. The van der Waals surface area contributed by atoms with Crippen LogP contribution in [0.2, 0.25) is 0 Å². The number of nitriles is 1. The number of thiazole rings is 1. The Morgan fingerprint density at radius 1 is 1.22 bits per heavy atom. The van der Waals surface area contributed by atoms with Crippen LogP contribution in [-0.2, 0) is 16.9 Å². The largest absolute Gasteiger partial charge is 1.00 e. The van der Waals surface area contributed by atoms with Crippen LogP contribution in [0.25, 0.3) is 11.3 Å². The van der Waals surface area contributed by atoms with E-state index in [0.717, 1.165) is 36.7 Å². The molecule has 2 aromatic carbocycles. The van der Waals surface area contributed by atoms with Gasteiger partial charge in [0, 0.05) is 35.0 Å². The number of likely N-dealkylation sites (N-methyl/N-ethyl adjacent to an activating group) is 1. The second-order valence-electron chi connectivity index (χ2n) is 10.5. The van der Waals surface area contributed by atoms with Crippen molar-refractivity contribution in [2.45, 2.75) is 64.3 Å². The summed E-state index contributed by atoms with van der Waals surface area (Å²) in [5.41, 5.74) is -0.294. The Labute approximate surface area is 283 Å². The maximum absolute atomic E-state index is 15.2. The predicted molar refractivity (Wildman–Crippen MR) is 168 cm³/mol. The predicted octanol–water partition coefficient (Wildman–Crippen LogP) is 2.26. The summed E-state index contributed by atoms with van der Waals surface area (Å²) < 4.78 is 36.5. The van der Waals surface area contributed by atoms with E-state index in [0.29, 0.717) is 28.6 Å². The Hall–Kier alpha value is -3.67. The molecule has 0 aliphatic heterocycles. The van der Waals surface area contributed by atoms with E-state index in [2.05, 4.69) is 26.8 Å². The molecule has 15 heteroatoms. The normalized spacial score (nSPS) is 14.0. The number of benzene rings is 2. The number of hydrogen-bond donors (Lipinski definition) is 4. The highest BCUT2D eigenvalue weighted by molar-refractivity contribution is 7.10. The molecule has 4 aromatic rings. The minimum Gasteiger partial charge on any atom is -1.00 e. The number of amides is 1. The van der Waals surface area contributed by atoms with Crippen LogP contribution in [0.4, 0.5) is 13.6 Å². The van der Waals surface area contributed by atoms with Crippen LogP contribution in [0.15, 0.2) is 54.2 Å². The van der Waals surface area contributed by atoms with Gasteiger partial charge in [0.15, 0.2) is 6.10 Å². The molecule has 4 rings (SSSR count). The zero-order valence-electron chi connectivity index (χ0n) is 25.8. The zero-order valence-corrected chi connectivity index (χ0v) is 28.1. The molecule has 10 nitrogen and oxygen atoms in total. The second kappa shape index (κ2) is 17.3. The number of alkyl carbamates (subject to hydrolysis) is 1. The first-order valence-electron chi connectivity index (χ1n) is 14.3. The third-order valence-corrected chi connectivity index (χ3v) is 8.49. The SMILES string of the molecule is CCNC(CC)CNC(=O)OC(C)c1nc[n+](C[C@](O)(c2cc(F)ccc2F)[C@@H](C)c2nc(-c3ccc(C#N)cc3)cs2)[nH]1.Cl.[Cl-]. The van der Waals surface area contributed by atoms with Crippen molar-refractivity contribution in [1.29, 1.82) is 5.26 Å². The fourth-order valence-electron chi connectivity index (χ4n) is 4.81. The highest BCUT2D eigenvalue weighted by Crippen LogP contribution is 2.41. The number of ether oxygens (including phenoxy) is 1. The molecule has 1 amide bonds. The molecule has 0 saturated heterocycles. The van der Waals surface area contributed by atoms with E-state index in [-0.39, 0.29) is 43.0 Å². The van der Waals surface area contributed by atoms with Crippen molar-refractivity contribution in [3.8, 4) is 17.3 Å². The van der Waals surface area contributed by atoms with Gasteiger partial charge in [0.05, 0.1) is 22.3 Å². The molecule has 0 saturated carbocycles. The van der Waals surface area contributed by atoms with Gasteiger partial charge in [-0.3, -0.25) is 0 Å². The Kier molecular flexibility index (Phi) is 14.5. The van der Waals surface area contributed by atoms with E-state index in [4.69, 9.17) is 15.0 Å². The van der Waals surface area contributed by atoms with Gasteiger partial charge in [-0.1, -0.05) is 32.9 Å². The number of nitrogens with zero attached hydrogens (tertiary/aromatic N) is 4. The molecule has 248 valence electrons. The smallest absolute Gasteiger partial charge is 0.407 e. The first-order chi connectivity index (χ1) is 21.1. The summed E-state index contributed by atoms with van der Waals surface area (Å²) in [5.74, 6) is -1.97. The topological polar surface area (TPSA) is 140 Å². The number of carbonyl (C=O) groups excluding carboxylic acids is 1. The molecule has 2 aromatic heterocycles. The van der Waals surface area contributed by atoms with Crippen molar-refractivity contribution in [2.75, 3.05) is 13.1 Å². The number of hydrogen-bond acceptors (Lipinski definition) is 8. The lowest BCUT2D eigenvalue weighted by Gasteiger charge is -2.32. The van der Waals surface area contributed by atoms with Crippen LogP contribution in [0.1, 0.15) is 68.1 Å². The number of halogens is 4. The average molecular weight is 697 g/mol. The molecule has 0 bridgehead atoms. The summed E-state index contributed by atoms with van der Waals surface area (Å²) in [6, 6.07) is 12.1. The van der Waals surface area contributed by atoms with Crippen LogP contribution >= 0.6 is 23.7 Å². The number of aromatic nitrogens is 4. The molecule has 0 spiro atoms. The summed E-state index contributed by atoms with van der Waals surface area (Å²) in [5, 5.41) is 32.5. The highest BCUT2D eigenvalue weighted by Gasteiger charge is 2.43. The molecule has 0 aliphatic rings. The van der Waals surface area contributed by atoms with Crippen molar-refractivity contribution in [3.63, 3.8) is 0 Å². The second-order valence-corrected chi connectivity index (χ2v) is 11.4. The highest BCUT2D eigenvalue weighted by atomic mass is 35.5. The number of nitrogens with one attached hydrogen (secondary N) is 3. The third-order valence-electron chi connectivity index (χ3n) is 7.47. The van der Waals surface area contributed by atoms with Crippen LogP contribution < -0.4 is 27.7 Å². The van der Waals surface area contributed by atoms with E-state index < -0.39 is 35.4 Å². The summed E-state index contributed by atoms with van der Waals surface area (Å²) in [4.78, 5) is 21.4. The summed E-state index contributed by atoms with van der Waals surface area (Å²) in [6.07, 6.45) is 0.864. The number of H-pyrrole nitrogens is 1. The van der Waals surface area contributed by atoms with E-state index in [9.17, 15) is 14.3 Å². The van der Waals surface area contributed by atoms with Gasteiger partial charge in [0.25, 0.3) is 5.82 Å². The Morgan fingerprint density at radius 2 is 1.93 bits per heavy atom. The quantitative estimate of drug-likeness (QED) is 0.157. The monoisotopic (exact) mass is 695 g/mol. The lowest BCUT2D eigenvalue weighted by molar-refractivity contribution is -0.765. The number of rotatable bonds is 13. The van der Waals surface area contributed by atoms with Gasteiger partial charge in [-0.15, -0.1) is 23.7 Å². The molecular weight excluding hydrogens is 659 g/mol. The van der Waals surface area contributed by atoms with Gasteiger partial charge in [-0.05, 0) is 55.2 Å². The minimum absolute atomic E-state index is 0. The number of aromatic amines is 1. The van der Waals surface area contributed by atoms with Gasteiger partial charge >= 0.3 is 12.4 Å². The van der Waals surface area contributed by atoms with Gasteiger partial charge in [0.2, 0.25) is 0 Å². The molecule has 0 fully saturated rings. The van der Waals surface area contributed by atoms with Gasteiger partial charge in [-0.25, -0.2) is 18.6 Å². The Bertz CT molecular complexity index is 1620. The van der Waals surface area contributed by atoms with Crippen molar-refractivity contribution < 1.29 is 40.5 Å². The van der Waals surface area contributed by atoms with E-state index in [1.54, 1.807) is 38.1 Å². The molecule has 2 unspecified atom stereocenters. The maximum Gasteiger partial charge on any atom is 0.407 e. The Balaban J connectivity index is 0.00000368. The van der Waals surface area contributed by atoms with Gasteiger partial charge in [-0.2, -0.15) is 15.0 Å². The average Bonchev–Trinajstić information content (AvgIpc) is 3.70. The van der Waals surface area contributed by atoms with Crippen molar-refractivity contribution in [3.05, 3.63) is 87.8 Å². The Morgan fingerprint density at radius 3 is 2.59 bits per heavy atom.